The van der Waals surface area contributed by atoms with E-state index in [-0.39, 0.29) is 5.82 Å². The Labute approximate surface area is 182 Å². The van der Waals surface area contributed by atoms with Crippen molar-refractivity contribution in [1.29, 1.82) is 0 Å². The molecule has 0 nitrogen and oxygen atoms in total. The lowest BCUT2D eigenvalue weighted by Crippen LogP contribution is -2.13. The highest BCUT2D eigenvalue weighted by Gasteiger charge is 2.26. The van der Waals surface area contributed by atoms with E-state index >= 15 is 4.39 Å². The van der Waals surface area contributed by atoms with Crippen LogP contribution in [0.3, 0.4) is 0 Å². The molecular formula is C27H38ClF. The molecule has 2 heteroatoms. The van der Waals surface area contributed by atoms with Crippen molar-refractivity contribution in [3.05, 3.63) is 52.3 Å². The van der Waals surface area contributed by atoms with E-state index in [0.717, 1.165) is 55.6 Å². The summed E-state index contributed by atoms with van der Waals surface area (Å²) in [7, 11) is 0. The van der Waals surface area contributed by atoms with Gasteiger partial charge in [-0.1, -0.05) is 81.0 Å². The van der Waals surface area contributed by atoms with Crippen molar-refractivity contribution in [3.63, 3.8) is 0 Å². The van der Waals surface area contributed by atoms with Gasteiger partial charge in [-0.25, -0.2) is 4.39 Å². The Bertz CT molecular complexity index is 709. The summed E-state index contributed by atoms with van der Waals surface area (Å²) in [5, 5.41) is 0.353. The zero-order chi connectivity index (χ0) is 20.6. The number of allylic oxidation sites excluding steroid dienone is 4. The van der Waals surface area contributed by atoms with Crippen LogP contribution >= 0.6 is 11.6 Å². The molecule has 0 aromatic heterocycles. The van der Waals surface area contributed by atoms with Crippen molar-refractivity contribution in [2.24, 2.45) is 11.8 Å². The number of unbranched alkanes of at least 4 members (excludes halogenated alkanes) is 3. The van der Waals surface area contributed by atoms with E-state index in [1.54, 1.807) is 0 Å². The van der Waals surface area contributed by atoms with E-state index < -0.39 is 0 Å². The van der Waals surface area contributed by atoms with Gasteiger partial charge in [-0.05, 0) is 86.3 Å². The van der Waals surface area contributed by atoms with E-state index in [9.17, 15) is 0 Å². The first-order valence-corrected chi connectivity index (χ1v) is 12.3. The van der Waals surface area contributed by atoms with Gasteiger partial charge in [0.25, 0.3) is 0 Å². The number of hydrogen-bond donors (Lipinski definition) is 0. The minimum atomic E-state index is -0.166. The summed E-state index contributed by atoms with van der Waals surface area (Å²) in [5.41, 5.74) is 3.02. The van der Waals surface area contributed by atoms with Crippen molar-refractivity contribution >= 4 is 17.2 Å². The van der Waals surface area contributed by atoms with E-state index in [2.05, 4.69) is 38.1 Å². The van der Waals surface area contributed by atoms with Gasteiger partial charge in [0.05, 0.1) is 5.02 Å². The lowest BCUT2D eigenvalue weighted by atomic mass is 9.78. The van der Waals surface area contributed by atoms with Crippen LogP contribution in [0, 0.1) is 17.7 Å². The van der Waals surface area contributed by atoms with Crippen LogP contribution in [0.5, 0.6) is 0 Å². The number of hydrogen-bond acceptors (Lipinski definition) is 0. The van der Waals surface area contributed by atoms with Crippen molar-refractivity contribution in [3.8, 4) is 0 Å². The van der Waals surface area contributed by atoms with Crippen LogP contribution in [0.1, 0.15) is 108 Å². The molecule has 1 fully saturated rings. The molecule has 1 unspecified atom stereocenters. The fourth-order valence-electron chi connectivity index (χ4n) is 5.28. The highest BCUT2D eigenvalue weighted by atomic mass is 35.5. The van der Waals surface area contributed by atoms with Crippen LogP contribution in [0.25, 0.3) is 5.57 Å². The van der Waals surface area contributed by atoms with Gasteiger partial charge >= 0.3 is 0 Å². The summed E-state index contributed by atoms with van der Waals surface area (Å²) in [6, 6.07) is 4.11. The zero-order valence-corrected chi connectivity index (χ0v) is 19.1. The summed E-state index contributed by atoms with van der Waals surface area (Å²) in [6.45, 7) is 4.34. The molecule has 1 atom stereocenters. The Kier molecular flexibility index (Phi) is 8.85. The van der Waals surface area contributed by atoms with Gasteiger partial charge in [0.1, 0.15) is 5.82 Å². The van der Waals surface area contributed by atoms with Crippen LogP contribution in [0.15, 0.2) is 30.4 Å². The molecule has 0 radical (unpaired) electrons. The summed E-state index contributed by atoms with van der Waals surface area (Å²) < 4.78 is 15.2. The predicted molar refractivity (Wildman–Crippen MR) is 125 cm³/mol. The third-order valence-corrected chi connectivity index (χ3v) is 7.49. The van der Waals surface area contributed by atoms with Crippen LogP contribution in [0.4, 0.5) is 4.39 Å². The summed E-state index contributed by atoms with van der Waals surface area (Å²) in [4.78, 5) is 0. The van der Waals surface area contributed by atoms with E-state index in [1.165, 1.54) is 44.1 Å². The normalized spacial score (nSPS) is 25.4. The molecule has 2 aliphatic rings. The Morgan fingerprint density at radius 1 is 1.07 bits per heavy atom. The van der Waals surface area contributed by atoms with Crippen molar-refractivity contribution in [2.75, 3.05) is 0 Å². The molecule has 0 amide bonds. The molecule has 3 rings (SSSR count). The van der Waals surface area contributed by atoms with Crippen molar-refractivity contribution in [2.45, 2.75) is 96.8 Å². The van der Waals surface area contributed by atoms with Gasteiger partial charge in [0, 0.05) is 0 Å². The molecule has 0 aliphatic heterocycles. The smallest absolute Gasteiger partial charge is 0.145 e. The SMILES string of the molecule is C/C=C/C1CCC(c2ccc(C3=CCC(CCCCCC)CC3)c(Cl)c2F)CC1. The minimum absolute atomic E-state index is 0.166. The summed E-state index contributed by atoms with van der Waals surface area (Å²) in [6.07, 6.45) is 21.3. The monoisotopic (exact) mass is 416 g/mol. The third kappa shape index (κ3) is 5.97. The second kappa shape index (κ2) is 11.3. The van der Waals surface area contributed by atoms with Crippen molar-refractivity contribution < 1.29 is 4.39 Å². The lowest BCUT2D eigenvalue weighted by Gasteiger charge is -2.28. The molecule has 0 N–H and O–H groups in total. The highest BCUT2D eigenvalue weighted by Crippen LogP contribution is 2.42. The molecule has 0 spiro atoms. The summed E-state index contributed by atoms with van der Waals surface area (Å²) in [5.74, 6) is 1.61. The van der Waals surface area contributed by atoms with E-state index in [1.807, 2.05) is 6.07 Å². The average molecular weight is 417 g/mol. The number of rotatable bonds is 8. The predicted octanol–water partition coefficient (Wildman–Crippen LogP) is 9.48. The van der Waals surface area contributed by atoms with Crippen LogP contribution in [-0.2, 0) is 0 Å². The summed E-state index contributed by atoms with van der Waals surface area (Å²) >= 11 is 6.56. The van der Waals surface area contributed by atoms with Gasteiger partial charge in [-0.15, -0.1) is 0 Å². The maximum absolute atomic E-state index is 15.2. The Hall–Kier alpha value is -1.08. The van der Waals surface area contributed by atoms with Crippen LogP contribution < -0.4 is 0 Å². The molecule has 0 bridgehead atoms. The first-order chi connectivity index (χ1) is 14.1. The van der Waals surface area contributed by atoms with Gasteiger partial charge in [-0.2, -0.15) is 0 Å². The molecular weight excluding hydrogens is 379 g/mol. The third-order valence-electron chi connectivity index (χ3n) is 7.12. The molecule has 160 valence electrons. The first kappa shape index (κ1) is 22.6. The molecule has 2 aliphatic carbocycles. The lowest BCUT2D eigenvalue weighted by molar-refractivity contribution is 0.368. The molecule has 0 saturated heterocycles. The highest BCUT2D eigenvalue weighted by molar-refractivity contribution is 6.32. The molecule has 1 aromatic carbocycles. The Balaban J connectivity index is 1.62. The standard InChI is InChI=1S/C27H38ClF/c1-3-5-6-7-9-21-12-14-22(15-13-21)24-18-19-25(27(29)26(24)28)23-16-10-20(8-4-2)11-17-23/h4,8,14,18-21,23H,3,5-7,9-13,15-17H2,1-2H3/b8-4+. The fourth-order valence-corrected chi connectivity index (χ4v) is 5.57. The number of halogens is 2. The maximum atomic E-state index is 15.2. The van der Waals surface area contributed by atoms with Gasteiger partial charge in [0.2, 0.25) is 0 Å². The second-order valence-corrected chi connectivity index (χ2v) is 9.56. The van der Waals surface area contributed by atoms with Crippen LogP contribution in [-0.4, -0.2) is 0 Å². The zero-order valence-electron chi connectivity index (χ0n) is 18.4. The number of benzene rings is 1. The topological polar surface area (TPSA) is 0 Å². The van der Waals surface area contributed by atoms with Gasteiger partial charge < -0.3 is 0 Å². The minimum Gasteiger partial charge on any atom is -0.205 e. The van der Waals surface area contributed by atoms with Crippen molar-refractivity contribution in [1.82, 2.24) is 0 Å². The largest absolute Gasteiger partial charge is 0.205 e. The van der Waals surface area contributed by atoms with E-state index in [4.69, 9.17) is 11.6 Å². The molecule has 29 heavy (non-hydrogen) atoms. The molecule has 0 heterocycles. The second-order valence-electron chi connectivity index (χ2n) is 9.19. The molecule has 1 saturated carbocycles. The Morgan fingerprint density at radius 2 is 1.86 bits per heavy atom. The first-order valence-electron chi connectivity index (χ1n) is 11.9. The van der Waals surface area contributed by atoms with Gasteiger partial charge in [0.15, 0.2) is 0 Å². The van der Waals surface area contributed by atoms with Crippen LogP contribution in [0.2, 0.25) is 5.02 Å². The fraction of sp³-hybridized carbons (Fsp3) is 0.630. The molecule has 1 aromatic rings. The average Bonchev–Trinajstić information content (AvgIpc) is 2.75. The maximum Gasteiger partial charge on any atom is 0.145 e. The quantitative estimate of drug-likeness (QED) is 0.292. The Morgan fingerprint density at radius 3 is 2.52 bits per heavy atom. The van der Waals surface area contributed by atoms with E-state index in [0.29, 0.717) is 16.9 Å². The van der Waals surface area contributed by atoms with Gasteiger partial charge in [-0.3, -0.25) is 0 Å².